The van der Waals surface area contributed by atoms with E-state index in [0.29, 0.717) is 6.42 Å². The number of carbonyl (C=O) groups is 1. The Labute approximate surface area is 98.5 Å². The van der Waals surface area contributed by atoms with Crippen molar-refractivity contribution >= 4 is 11.7 Å². The third-order valence-corrected chi connectivity index (χ3v) is 2.48. The monoisotopic (exact) mass is 238 g/mol. The van der Waals surface area contributed by atoms with Crippen LogP contribution in [0.4, 0.5) is 5.69 Å². The second-order valence-corrected chi connectivity index (χ2v) is 3.70. The molecule has 0 heterocycles. The minimum atomic E-state index is -0.750. The van der Waals surface area contributed by atoms with Gasteiger partial charge in [0.25, 0.3) is 5.69 Å². The normalized spacial score (nSPS) is 11.9. The van der Waals surface area contributed by atoms with E-state index in [2.05, 4.69) is 4.74 Å². The molecule has 6 heteroatoms. The van der Waals surface area contributed by atoms with E-state index in [-0.39, 0.29) is 5.69 Å². The van der Waals surface area contributed by atoms with Gasteiger partial charge in [0, 0.05) is 12.1 Å². The number of methoxy groups -OCH3 is 1. The minimum Gasteiger partial charge on any atom is -0.468 e. The lowest BCUT2D eigenvalue weighted by molar-refractivity contribution is -0.384. The molecule has 0 spiro atoms. The third-order valence-electron chi connectivity index (χ3n) is 2.48. The number of non-ortho nitro benzene ring substituents is 1. The Morgan fingerprint density at radius 2 is 2.24 bits per heavy atom. The number of rotatable bonds is 4. The van der Waals surface area contributed by atoms with E-state index < -0.39 is 16.9 Å². The highest BCUT2D eigenvalue weighted by Crippen LogP contribution is 2.18. The summed E-state index contributed by atoms with van der Waals surface area (Å²) in [5, 5.41) is 10.5. The molecule has 0 unspecified atom stereocenters. The maximum absolute atomic E-state index is 11.1. The number of hydrogen-bond acceptors (Lipinski definition) is 5. The molecule has 0 bridgehead atoms. The molecule has 1 aromatic rings. The lowest BCUT2D eigenvalue weighted by Gasteiger charge is -2.11. The van der Waals surface area contributed by atoms with Crippen molar-refractivity contribution < 1.29 is 14.5 Å². The number of nitrogens with zero attached hydrogens (tertiary/aromatic N) is 1. The van der Waals surface area contributed by atoms with Crippen LogP contribution in [0.15, 0.2) is 18.2 Å². The second kappa shape index (κ2) is 5.40. The lowest BCUT2D eigenvalue weighted by atomic mass is 10.0. The number of nitrogens with two attached hydrogens (primary N) is 1. The molecule has 0 aromatic heterocycles. The van der Waals surface area contributed by atoms with Crippen LogP contribution in [0.25, 0.3) is 0 Å². The number of nitro benzene ring substituents is 1. The van der Waals surface area contributed by atoms with Gasteiger partial charge < -0.3 is 10.5 Å². The Morgan fingerprint density at radius 3 is 2.71 bits per heavy atom. The first-order valence-corrected chi connectivity index (χ1v) is 5.03. The first kappa shape index (κ1) is 13.1. The summed E-state index contributed by atoms with van der Waals surface area (Å²) in [7, 11) is 1.27. The molecular weight excluding hydrogens is 224 g/mol. The zero-order valence-electron chi connectivity index (χ0n) is 9.67. The maximum Gasteiger partial charge on any atom is 0.322 e. The Hall–Kier alpha value is -1.95. The molecule has 17 heavy (non-hydrogen) atoms. The first-order chi connectivity index (χ1) is 7.95. The van der Waals surface area contributed by atoms with E-state index in [0.717, 1.165) is 11.1 Å². The van der Waals surface area contributed by atoms with E-state index in [1.54, 1.807) is 13.0 Å². The molecule has 0 amide bonds. The first-order valence-electron chi connectivity index (χ1n) is 5.03. The average molecular weight is 238 g/mol. The van der Waals surface area contributed by atoms with Crippen molar-refractivity contribution in [3.8, 4) is 0 Å². The molecule has 0 saturated heterocycles. The molecule has 0 fully saturated rings. The topological polar surface area (TPSA) is 95.5 Å². The van der Waals surface area contributed by atoms with Gasteiger partial charge in [-0.25, -0.2) is 0 Å². The van der Waals surface area contributed by atoms with Crippen LogP contribution in [0.5, 0.6) is 0 Å². The molecule has 1 rings (SSSR count). The fourth-order valence-corrected chi connectivity index (χ4v) is 1.49. The predicted molar refractivity (Wildman–Crippen MR) is 61.5 cm³/mol. The van der Waals surface area contributed by atoms with Crippen molar-refractivity contribution in [2.75, 3.05) is 7.11 Å². The highest BCUT2D eigenvalue weighted by atomic mass is 16.6. The maximum atomic E-state index is 11.1. The summed E-state index contributed by atoms with van der Waals surface area (Å²) in [5.74, 6) is -0.497. The van der Waals surface area contributed by atoms with Crippen molar-refractivity contribution in [3.05, 3.63) is 39.4 Å². The van der Waals surface area contributed by atoms with E-state index >= 15 is 0 Å². The molecule has 0 aliphatic carbocycles. The van der Waals surface area contributed by atoms with Crippen molar-refractivity contribution in [1.82, 2.24) is 0 Å². The number of ether oxygens (including phenoxy) is 1. The largest absolute Gasteiger partial charge is 0.468 e. The molecular formula is C11H14N2O4. The Balaban J connectivity index is 2.86. The van der Waals surface area contributed by atoms with E-state index in [9.17, 15) is 14.9 Å². The molecule has 0 saturated carbocycles. The third kappa shape index (κ3) is 3.25. The lowest BCUT2D eigenvalue weighted by Crippen LogP contribution is -2.33. The van der Waals surface area contributed by atoms with Crippen LogP contribution in [0, 0.1) is 17.0 Å². The van der Waals surface area contributed by atoms with Crippen molar-refractivity contribution in [3.63, 3.8) is 0 Å². The molecule has 2 N–H and O–H groups in total. The molecule has 0 aliphatic rings. The van der Waals surface area contributed by atoms with Crippen LogP contribution in [0.3, 0.4) is 0 Å². The predicted octanol–water partition coefficient (Wildman–Crippen LogP) is 0.946. The van der Waals surface area contributed by atoms with Crippen molar-refractivity contribution in [2.45, 2.75) is 19.4 Å². The SMILES string of the molecule is COC(=O)[C@H](N)Cc1ccc([N+](=O)[O-])cc1C. The number of carbonyl (C=O) groups excluding carboxylic acids is 1. The summed E-state index contributed by atoms with van der Waals surface area (Å²) in [5.41, 5.74) is 7.18. The summed E-state index contributed by atoms with van der Waals surface area (Å²) < 4.78 is 4.51. The minimum absolute atomic E-state index is 0.0258. The fourth-order valence-electron chi connectivity index (χ4n) is 1.49. The van der Waals surface area contributed by atoms with Gasteiger partial charge in [0.15, 0.2) is 0 Å². The fraction of sp³-hybridized carbons (Fsp3) is 0.364. The summed E-state index contributed by atoms with van der Waals surface area (Å²) in [6.45, 7) is 1.74. The Morgan fingerprint density at radius 1 is 1.59 bits per heavy atom. The Kier molecular flexibility index (Phi) is 4.17. The van der Waals surface area contributed by atoms with Crippen molar-refractivity contribution in [2.24, 2.45) is 5.73 Å². The van der Waals surface area contributed by atoms with Gasteiger partial charge in [-0.05, 0) is 24.5 Å². The highest BCUT2D eigenvalue weighted by molar-refractivity contribution is 5.75. The number of hydrogen-bond donors (Lipinski definition) is 1. The van der Waals surface area contributed by atoms with Crippen LogP contribution in [0.1, 0.15) is 11.1 Å². The summed E-state index contributed by atoms with van der Waals surface area (Å²) in [6.07, 6.45) is 0.302. The van der Waals surface area contributed by atoms with Gasteiger partial charge in [0.05, 0.1) is 12.0 Å². The zero-order valence-corrected chi connectivity index (χ0v) is 9.67. The molecule has 6 nitrogen and oxygen atoms in total. The average Bonchev–Trinajstić information content (AvgIpc) is 2.30. The van der Waals surface area contributed by atoms with Gasteiger partial charge >= 0.3 is 5.97 Å². The van der Waals surface area contributed by atoms with Crippen LogP contribution < -0.4 is 5.73 Å². The van der Waals surface area contributed by atoms with Gasteiger partial charge in [-0.3, -0.25) is 14.9 Å². The van der Waals surface area contributed by atoms with Gasteiger partial charge in [0.1, 0.15) is 6.04 Å². The standard InChI is InChI=1S/C11H14N2O4/c1-7-5-9(13(15)16)4-3-8(7)6-10(12)11(14)17-2/h3-5,10H,6,12H2,1-2H3/t10-/m1/s1. The van der Waals surface area contributed by atoms with Crippen LogP contribution in [0.2, 0.25) is 0 Å². The highest BCUT2D eigenvalue weighted by Gasteiger charge is 2.16. The molecule has 0 radical (unpaired) electrons. The Bertz CT molecular complexity index is 445. The van der Waals surface area contributed by atoms with Crippen molar-refractivity contribution in [1.29, 1.82) is 0 Å². The van der Waals surface area contributed by atoms with Crippen LogP contribution in [-0.2, 0) is 16.0 Å². The molecule has 92 valence electrons. The van der Waals surface area contributed by atoms with Gasteiger partial charge in [-0.2, -0.15) is 0 Å². The number of aryl methyl sites for hydroxylation is 1. The number of benzene rings is 1. The number of nitro groups is 1. The van der Waals surface area contributed by atoms with Crippen LogP contribution >= 0.6 is 0 Å². The quantitative estimate of drug-likeness (QED) is 0.478. The summed E-state index contributed by atoms with van der Waals surface area (Å²) >= 11 is 0. The summed E-state index contributed by atoms with van der Waals surface area (Å²) in [4.78, 5) is 21.2. The van der Waals surface area contributed by atoms with E-state index in [1.165, 1.54) is 19.2 Å². The smallest absolute Gasteiger partial charge is 0.322 e. The van der Waals surface area contributed by atoms with Gasteiger partial charge in [0.2, 0.25) is 0 Å². The molecule has 1 atom stereocenters. The number of esters is 1. The molecule has 1 aromatic carbocycles. The zero-order chi connectivity index (χ0) is 13.0. The molecule has 0 aliphatic heterocycles. The van der Waals surface area contributed by atoms with Gasteiger partial charge in [-0.15, -0.1) is 0 Å². The summed E-state index contributed by atoms with van der Waals surface area (Å²) in [6, 6.07) is 3.71. The van der Waals surface area contributed by atoms with E-state index in [4.69, 9.17) is 5.73 Å². The second-order valence-electron chi connectivity index (χ2n) is 3.70. The van der Waals surface area contributed by atoms with Crippen LogP contribution in [-0.4, -0.2) is 24.0 Å². The van der Waals surface area contributed by atoms with E-state index in [1.807, 2.05) is 0 Å². The van der Waals surface area contributed by atoms with Gasteiger partial charge in [-0.1, -0.05) is 6.07 Å².